The summed E-state index contributed by atoms with van der Waals surface area (Å²) in [4.78, 5) is 0. The lowest BCUT2D eigenvalue weighted by atomic mass is 10.4. The van der Waals surface area contributed by atoms with Crippen LogP contribution in [0.3, 0.4) is 0 Å². The third-order valence-electron chi connectivity index (χ3n) is 1.07. The first-order valence-electron chi connectivity index (χ1n) is 3.70. The first-order chi connectivity index (χ1) is 5.27. The second-order valence-electron chi connectivity index (χ2n) is 2.44. The third-order valence-corrected chi connectivity index (χ3v) is 1.89. The normalized spacial score (nSPS) is 8.27. The summed E-state index contributed by atoms with van der Waals surface area (Å²) in [6, 6.07) is 12.0. The Morgan fingerprint density at radius 3 is 1.18 bits per heavy atom. The molecule has 0 saturated carbocycles. The van der Waals surface area contributed by atoms with Gasteiger partial charge in [-0.3, -0.25) is 0 Å². The molecule has 0 aromatic heterocycles. The molecule has 11 heavy (non-hydrogen) atoms. The minimum absolute atomic E-state index is 0.110. The molecule has 0 spiro atoms. The maximum Gasteiger partial charge on any atom is 0.0685 e. The summed E-state index contributed by atoms with van der Waals surface area (Å²) in [5.41, 5.74) is 2.02. The Bertz CT molecular complexity index is 141. The van der Waals surface area contributed by atoms with Gasteiger partial charge in [0.2, 0.25) is 0 Å². The number of hydrogen-bond donors (Lipinski definition) is 0. The molecular weight excluding hydrogens is 148 g/mol. The number of hydrogen-bond acceptors (Lipinski definition) is 0. The zero-order valence-corrected chi connectivity index (χ0v) is 8.25. The van der Waals surface area contributed by atoms with Gasteiger partial charge in [0.15, 0.2) is 0 Å². The van der Waals surface area contributed by atoms with Crippen LogP contribution >= 0.6 is 0 Å². The number of rotatable bonds is 1. The predicted molar refractivity (Wildman–Crippen MR) is 54.1 cm³/mol. The molecule has 0 heterocycles. The molecule has 1 aromatic rings. The molecule has 0 aliphatic heterocycles. The molecule has 59 valence electrons. The summed E-state index contributed by atoms with van der Waals surface area (Å²) in [6.45, 7) is 8.02. The van der Waals surface area contributed by atoms with Gasteiger partial charge in [0, 0.05) is 0 Å². The summed E-state index contributed by atoms with van der Waals surface area (Å²) in [6.07, 6.45) is 0. The van der Waals surface area contributed by atoms with E-state index in [1.165, 1.54) is 0 Å². The van der Waals surface area contributed by atoms with Gasteiger partial charge in [0.05, 0.1) is 8.80 Å². The lowest BCUT2D eigenvalue weighted by molar-refractivity contribution is 1.72. The zero-order valence-electron chi connectivity index (χ0n) is 7.25. The second-order valence-corrected chi connectivity index (χ2v) is 5.00. The molecule has 0 aliphatic rings. The minimum Gasteiger partial charge on any atom is -0.107 e. The van der Waals surface area contributed by atoms with E-state index in [-0.39, 0.29) is 8.80 Å². The van der Waals surface area contributed by atoms with Crippen LogP contribution in [-0.2, 0) is 0 Å². The maximum absolute atomic E-state index is 3.61. The van der Waals surface area contributed by atoms with Crippen molar-refractivity contribution in [2.75, 3.05) is 0 Å². The van der Waals surface area contributed by atoms with E-state index in [2.05, 4.69) is 19.7 Å². The van der Waals surface area contributed by atoms with Crippen molar-refractivity contribution in [1.82, 2.24) is 0 Å². The summed E-state index contributed by atoms with van der Waals surface area (Å²) in [7, 11) is -0.110. The van der Waals surface area contributed by atoms with Gasteiger partial charge in [-0.15, -0.1) is 12.3 Å². The average Bonchev–Trinajstić information content (AvgIpc) is 2.09. The average molecular weight is 163 g/mol. The summed E-state index contributed by atoms with van der Waals surface area (Å²) in [5.74, 6) is 0. The molecule has 1 radical (unpaired) electrons. The van der Waals surface area contributed by atoms with Crippen molar-refractivity contribution in [3.05, 3.63) is 48.7 Å². The predicted octanol–water partition coefficient (Wildman–Crippen LogP) is 3.15. The van der Waals surface area contributed by atoms with E-state index in [4.69, 9.17) is 0 Å². The summed E-state index contributed by atoms with van der Waals surface area (Å²) >= 11 is 0. The van der Waals surface area contributed by atoms with Crippen LogP contribution < -0.4 is 0 Å². The van der Waals surface area contributed by atoms with E-state index in [9.17, 15) is 0 Å². The summed E-state index contributed by atoms with van der Waals surface area (Å²) < 4.78 is 0. The molecule has 1 aromatic carbocycles. The van der Waals surface area contributed by atoms with E-state index < -0.39 is 0 Å². The van der Waals surface area contributed by atoms with Gasteiger partial charge in [0.25, 0.3) is 0 Å². The minimum atomic E-state index is -0.110. The number of benzene rings is 1. The Morgan fingerprint density at radius 2 is 1.09 bits per heavy atom. The topological polar surface area (TPSA) is 0 Å². The fourth-order valence-corrected chi connectivity index (χ4v) is 0.385. The highest BCUT2D eigenvalue weighted by atomic mass is 28.3. The van der Waals surface area contributed by atoms with Gasteiger partial charge >= 0.3 is 0 Å². The molecule has 1 heteroatoms. The summed E-state index contributed by atoms with van der Waals surface area (Å²) in [5, 5.41) is 0. The van der Waals surface area contributed by atoms with E-state index in [1.807, 2.05) is 42.1 Å². The molecule has 0 aliphatic carbocycles. The molecule has 0 saturated heterocycles. The van der Waals surface area contributed by atoms with E-state index >= 15 is 0 Å². The molecule has 0 atom stereocenters. The van der Waals surface area contributed by atoms with Crippen LogP contribution in [0.1, 0.15) is 0 Å². The molecule has 1 rings (SSSR count). The first-order valence-corrected chi connectivity index (χ1v) is 6.27. The van der Waals surface area contributed by atoms with Crippen LogP contribution in [0.5, 0.6) is 0 Å². The highest BCUT2D eigenvalue weighted by Crippen LogP contribution is 1.79. The van der Waals surface area contributed by atoms with Crippen LogP contribution in [0.2, 0.25) is 13.1 Å². The third kappa shape index (κ3) is 9.18. The molecule has 0 N–H and O–H groups in total. The Morgan fingerprint density at radius 1 is 0.909 bits per heavy atom. The van der Waals surface area contributed by atoms with Crippen LogP contribution in [0.15, 0.2) is 48.7 Å². The monoisotopic (exact) mass is 163 g/mol. The quantitative estimate of drug-likeness (QED) is 0.558. The fourth-order valence-electron chi connectivity index (χ4n) is 0.385. The Kier molecular flexibility index (Phi) is 6.74. The second kappa shape index (κ2) is 7.29. The van der Waals surface area contributed by atoms with Crippen LogP contribution in [0.4, 0.5) is 0 Å². The Labute approximate surface area is 71.2 Å². The van der Waals surface area contributed by atoms with Gasteiger partial charge in [-0.25, -0.2) is 0 Å². The lowest BCUT2D eigenvalue weighted by Gasteiger charge is -1.80. The molecular formula is C10H15Si. The van der Waals surface area contributed by atoms with E-state index in [1.54, 1.807) is 0 Å². The Balaban J connectivity index is 0.000000187. The van der Waals surface area contributed by atoms with Crippen molar-refractivity contribution >= 4 is 8.80 Å². The van der Waals surface area contributed by atoms with Gasteiger partial charge in [-0.2, -0.15) is 0 Å². The highest BCUT2D eigenvalue weighted by molar-refractivity contribution is 6.61. The zero-order chi connectivity index (χ0) is 8.53. The smallest absolute Gasteiger partial charge is 0.0685 e. The molecule has 0 amide bonds. The van der Waals surface area contributed by atoms with Crippen LogP contribution in [-0.4, -0.2) is 8.80 Å². The van der Waals surface area contributed by atoms with E-state index in [0.29, 0.717) is 0 Å². The van der Waals surface area contributed by atoms with Crippen LogP contribution in [0, 0.1) is 0 Å². The van der Waals surface area contributed by atoms with Crippen molar-refractivity contribution in [3.8, 4) is 0 Å². The van der Waals surface area contributed by atoms with Crippen molar-refractivity contribution in [3.63, 3.8) is 0 Å². The van der Waals surface area contributed by atoms with E-state index in [0.717, 1.165) is 0 Å². The van der Waals surface area contributed by atoms with Gasteiger partial charge < -0.3 is 0 Å². The first kappa shape index (κ1) is 10.2. The van der Waals surface area contributed by atoms with Crippen molar-refractivity contribution < 1.29 is 0 Å². The largest absolute Gasteiger partial charge is 0.107 e. The van der Waals surface area contributed by atoms with Crippen molar-refractivity contribution in [2.24, 2.45) is 0 Å². The van der Waals surface area contributed by atoms with Gasteiger partial charge in [-0.05, 0) is 0 Å². The Hall–Kier alpha value is -0.823. The van der Waals surface area contributed by atoms with Crippen molar-refractivity contribution in [2.45, 2.75) is 13.1 Å². The molecule has 0 unspecified atom stereocenters. The fraction of sp³-hybridized carbons (Fsp3) is 0.200. The molecule has 0 bridgehead atoms. The van der Waals surface area contributed by atoms with Crippen molar-refractivity contribution in [1.29, 1.82) is 0 Å². The van der Waals surface area contributed by atoms with Gasteiger partial charge in [-0.1, -0.05) is 49.5 Å². The highest BCUT2D eigenvalue weighted by Gasteiger charge is 1.78. The van der Waals surface area contributed by atoms with Gasteiger partial charge in [0.1, 0.15) is 0 Å². The molecule has 0 fully saturated rings. The van der Waals surface area contributed by atoms with Crippen LogP contribution in [0.25, 0.3) is 0 Å². The maximum atomic E-state index is 3.61. The SMILES string of the molecule is C=C[Si](C)C.c1ccccc1. The lowest BCUT2D eigenvalue weighted by Crippen LogP contribution is -1.89. The standard InChI is InChI=1S/C6H6.C4H9Si/c1-2-4-6-5-3-1;1-4-5(2)3/h1-6H;4H,1H2,2-3H3. The molecule has 0 nitrogen and oxygen atoms in total.